The molecule has 0 bridgehead atoms. The van der Waals surface area contributed by atoms with Crippen LogP contribution in [0.2, 0.25) is 0 Å². The highest BCUT2D eigenvalue weighted by Gasteiger charge is 2.49. The fraction of sp³-hybridized carbons (Fsp3) is 0.318. The molecule has 1 aliphatic rings. The number of rotatable bonds is 4. The van der Waals surface area contributed by atoms with E-state index in [2.05, 4.69) is 31.4 Å². The van der Waals surface area contributed by atoms with Gasteiger partial charge in [0.2, 0.25) is 5.91 Å². The summed E-state index contributed by atoms with van der Waals surface area (Å²) < 4.78 is 13.3. The Labute approximate surface area is 169 Å². The van der Waals surface area contributed by atoms with Gasteiger partial charge in [-0.25, -0.2) is 9.18 Å². The first-order chi connectivity index (χ1) is 13.5. The Bertz CT molecular complexity index is 966. The minimum atomic E-state index is -1.26. The summed E-state index contributed by atoms with van der Waals surface area (Å²) in [5, 5.41) is 5.17. The van der Waals surface area contributed by atoms with E-state index < -0.39 is 35.7 Å². The van der Waals surface area contributed by atoms with Gasteiger partial charge in [0, 0.05) is 5.69 Å². The van der Waals surface area contributed by atoms with Crippen molar-refractivity contribution in [2.75, 3.05) is 11.9 Å². The molecule has 29 heavy (non-hydrogen) atoms. The van der Waals surface area contributed by atoms with Gasteiger partial charge >= 0.3 is 6.03 Å². The van der Waals surface area contributed by atoms with Crippen molar-refractivity contribution in [2.24, 2.45) is 0 Å². The Morgan fingerprint density at radius 2 is 1.79 bits per heavy atom. The number of nitrogens with one attached hydrogen (secondary N) is 2. The van der Waals surface area contributed by atoms with Crippen LogP contribution in [0.3, 0.4) is 0 Å². The van der Waals surface area contributed by atoms with E-state index in [1.54, 1.807) is 6.92 Å². The third-order valence-electron chi connectivity index (χ3n) is 5.01. The Morgan fingerprint density at radius 3 is 2.38 bits per heavy atom. The molecule has 152 valence electrons. The molecule has 1 unspecified atom stereocenters. The fourth-order valence-corrected chi connectivity index (χ4v) is 3.25. The summed E-state index contributed by atoms with van der Waals surface area (Å²) in [6.45, 7) is 7.42. The van der Waals surface area contributed by atoms with Crippen LogP contribution < -0.4 is 10.6 Å². The van der Waals surface area contributed by atoms with Crippen molar-refractivity contribution in [2.45, 2.75) is 38.6 Å². The number of carbonyl (C=O) groups excluding carboxylic acids is 3. The lowest BCUT2D eigenvalue weighted by molar-refractivity contribution is -0.133. The van der Waals surface area contributed by atoms with E-state index in [-0.39, 0.29) is 11.1 Å². The van der Waals surface area contributed by atoms with Crippen LogP contribution in [0.15, 0.2) is 48.5 Å². The largest absolute Gasteiger partial charge is 0.325 e. The van der Waals surface area contributed by atoms with Crippen LogP contribution in [0.1, 0.15) is 38.8 Å². The molecule has 2 aromatic rings. The van der Waals surface area contributed by atoms with Crippen molar-refractivity contribution in [1.82, 2.24) is 10.2 Å². The molecule has 0 radical (unpaired) electrons. The van der Waals surface area contributed by atoms with Gasteiger partial charge in [-0.15, -0.1) is 0 Å². The van der Waals surface area contributed by atoms with Gasteiger partial charge in [-0.2, -0.15) is 0 Å². The van der Waals surface area contributed by atoms with Gasteiger partial charge in [-0.3, -0.25) is 14.5 Å². The molecule has 0 aliphatic carbocycles. The van der Waals surface area contributed by atoms with Crippen LogP contribution in [0.4, 0.5) is 14.9 Å². The van der Waals surface area contributed by atoms with E-state index in [0.29, 0.717) is 5.56 Å². The standard InChI is InChI=1S/C22H24FN3O3/c1-21(2,3)14-8-10-15(11-9-14)22(4)19(28)26(20(29)25-22)13-18(27)24-17-7-5-6-16(23)12-17/h5-12H,13H2,1-4H3,(H,24,27)(H,25,29). The smallest absolute Gasteiger partial charge is 0.324 e. The number of hydrogen-bond acceptors (Lipinski definition) is 3. The highest BCUT2D eigenvalue weighted by molar-refractivity contribution is 6.10. The molecule has 4 amide bonds. The normalized spacial score (nSPS) is 19.3. The first kappa shape index (κ1) is 20.5. The van der Waals surface area contributed by atoms with Gasteiger partial charge in [0.1, 0.15) is 17.9 Å². The summed E-state index contributed by atoms with van der Waals surface area (Å²) in [6, 6.07) is 12.2. The zero-order valence-electron chi connectivity index (χ0n) is 16.9. The topological polar surface area (TPSA) is 78.5 Å². The van der Waals surface area contributed by atoms with Gasteiger partial charge in [-0.1, -0.05) is 51.1 Å². The molecule has 2 N–H and O–H groups in total. The summed E-state index contributed by atoms with van der Waals surface area (Å²) >= 11 is 0. The zero-order valence-corrected chi connectivity index (χ0v) is 16.9. The van der Waals surface area contributed by atoms with Crippen molar-refractivity contribution in [3.05, 3.63) is 65.5 Å². The second-order valence-electron chi connectivity index (χ2n) is 8.33. The van der Waals surface area contributed by atoms with Crippen LogP contribution in [-0.2, 0) is 20.5 Å². The monoisotopic (exact) mass is 397 g/mol. The molecule has 1 saturated heterocycles. The number of imide groups is 1. The Kier molecular flexibility index (Phi) is 5.17. The number of nitrogens with zero attached hydrogens (tertiary/aromatic N) is 1. The summed E-state index contributed by atoms with van der Waals surface area (Å²) in [6.07, 6.45) is 0. The van der Waals surface area contributed by atoms with Crippen LogP contribution in [0, 0.1) is 5.82 Å². The average molecular weight is 397 g/mol. The van der Waals surface area contributed by atoms with E-state index in [1.807, 2.05) is 24.3 Å². The van der Waals surface area contributed by atoms with Gasteiger partial charge in [0.15, 0.2) is 0 Å². The Morgan fingerprint density at radius 1 is 1.14 bits per heavy atom. The number of carbonyl (C=O) groups is 3. The molecule has 1 atom stereocenters. The summed E-state index contributed by atoms with van der Waals surface area (Å²) in [5.74, 6) is -1.60. The summed E-state index contributed by atoms with van der Waals surface area (Å²) in [7, 11) is 0. The van der Waals surface area contributed by atoms with Gasteiger partial charge in [-0.05, 0) is 41.7 Å². The van der Waals surface area contributed by atoms with Crippen LogP contribution in [0.5, 0.6) is 0 Å². The Hall–Kier alpha value is -3.22. The van der Waals surface area contributed by atoms with E-state index in [0.717, 1.165) is 16.5 Å². The quantitative estimate of drug-likeness (QED) is 0.775. The molecular formula is C22H24FN3O3. The van der Waals surface area contributed by atoms with E-state index in [4.69, 9.17) is 0 Å². The zero-order chi connectivity index (χ0) is 21.4. The maximum atomic E-state index is 13.3. The third-order valence-corrected chi connectivity index (χ3v) is 5.01. The minimum Gasteiger partial charge on any atom is -0.324 e. The van der Waals surface area contributed by atoms with Crippen LogP contribution >= 0.6 is 0 Å². The van der Waals surface area contributed by atoms with Gasteiger partial charge < -0.3 is 10.6 Å². The summed E-state index contributed by atoms with van der Waals surface area (Å²) in [5.41, 5.74) is 0.697. The second-order valence-corrected chi connectivity index (χ2v) is 8.33. The van der Waals surface area contributed by atoms with Gasteiger partial charge in [0.05, 0.1) is 0 Å². The number of halogens is 1. The maximum absolute atomic E-state index is 13.3. The minimum absolute atomic E-state index is 0.0383. The van der Waals surface area contributed by atoms with E-state index in [1.165, 1.54) is 18.2 Å². The number of benzene rings is 2. The number of urea groups is 1. The molecule has 0 saturated carbocycles. The van der Waals surface area contributed by atoms with Crippen LogP contribution in [0.25, 0.3) is 0 Å². The average Bonchev–Trinajstić information content (AvgIpc) is 2.85. The van der Waals surface area contributed by atoms with Crippen molar-refractivity contribution in [3.63, 3.8) is 0 Å². The van der Waals surface area contributed by atoms with Crippen molar-refractivity contribution in [3.8, 4) is 0 Å². The molecule has 3 rings (SSSR count). The molecule has 0 aromatic heterocycles. The first-order valence-electron chi connectivity index (χ1n) is 9.31. The van der Waals surface area contributed by atoms with Gasteiger partial charge in [0.25, 0.3) is 5.91 Å². The lowest BCUT2D eigenvalue weighted by Crippen LogP contribution is -2.42. The molecule has 0 spiro atoms. The SMILES string of the molecule is CC(C)(C)c1ccc(C2(C)NC(=O)N(CC(=O)Nc3cccc(F)c3)C2=O)cc1. The molecule has 1 fully saturated rings. The first-order valence-corrected chi connectivity index (χ1v) is 9.31. The molecule has 6 nitrogen and oxygen atoms in total. The molecule has 1 heterocycles. The van der Waals surface area contributed by atoms with Crippen molar-refractivity contribution < 1.29 is 18.8 Å². The maximum Gasteiger partial charge on any atom is 0.325 e. The second kappa shape index (κ2) is 7.31. The van der Waals surface area contributed by atoms with Crippen molar-refractivity contribution >= 4 is 23.5 Å². The predicted octanol–water partition coefficient (Wildman–Crippen LogP) is 3.53. The molecule has 1 aliphatic heterocycles. The molecule has 2 aromatic carbocycles. The Balaban J connectivity index is 1.75. The molecular weight excluding hydrogens is 373 g/mol. The highest BCUT2D eigenvalue weighted by Crippen LogP contribution is 2.31. The number of amides is 4. The predicted molar refractivity (Wildman–Crippen MR) is 108 cm³/mol. The summed E-state index contributed by atoms with van der Waals surface area (Å²) in [4.78, 5) is 38.5. The molecule has 7 heteroatoms. The van der Waals surface area contributed by atoms with E-state index >= 15 is 0 Å². The van der Waals surface area contributed by atoms with Crippen molar-refractivity contribution in [1.29, 1.82) is 0 Å². The number of anilines is 1. The van der Waals surface area contributed by atoms with Crippen LogP contribution in [-0.4, -0.2) is 29.3 Å². The third kappa shape index (κ3) is 4.13. The number of hydrogen-bond donors (Lipinski definition) is 2. The highest BCUT2D eigenvalue weighted by atomic mass is 19.1. The fourth-order valence-electron chi connectivity index (χ4n) is 3.25. The lowest BCUT2D eigenvalue weighted by atomic mass is 9.84. The van der Waals surface area contributed by atoms with E-state index in [9.17, 15) is 18.8 Å². The lowest BCUT2D eigenvalue weighted by Gasteiger charge is -2.24.